The minimum Gasteiger partial charge on any atom is -0.379 e. The fourth-order valence-corrected chi connectivity index (χ4v) is 1.54. The number of aromatic nitrogens is 2. The molecule has 0 bridgehead atoms. The van der Waals surface area contributed by atoms with Gasteiger partial charge < -0.3 is 9.47 Å². The van der Waals surface area contributed by atoms with Crippen molar-refractivity contribution in [3.8, 4) is 0 Å². The largest absolute Gasteiger partial charge is 0.379 e. The van der Waals surface area contributed by atoms with Gasteiger partial charge in [-0.3, -0.25) is 5.43 Å². The van der Waals surface area contributed by atoms with Crippen LogP contribution in [0.15, 0.2) is 0 Å². The zero-order chi connectivity index (χ0) is 12.0. The topological polar surface area (TPSA) is 82.3 Å². The van der Waals surface area contributed by atoms with Crippen molar-refractivity contribution in [3.63, 3.8) is 0 Å². The third kappa shape index (κ3) is 4.40. The fraction of sp³-hybridized carbons (Fsp3) is 0.778. The summed E-state index contributed by atoms with van der Waals surface area (Å²) < 4.78 is 10.8. The van der Waals surface area contributed by atoms with E-state index in [4.69, 9.17) is 15.3 Å². The Morgan fingerprint density at radius 1 is 1.44 bits per heavy atom. The molecule has 0 radical (unpaired) electrons. The molecule has 0 aliphatic rings. The highest BCUT2D eigenvalue weighted by atomic mass is 32.1. The van der Waals surface area contributed by atoms with Gasteiger partial charge in [-0.2, -0.15) is 0 Å². The molecule has 0 saturated carbocycles. The van der Waals surface area contributed by atoms with Crippen LogP contribution in [0, 0.1) is 0 Å². The maximum absolute atomic E-state index is 5.47. The molecule has 0 aliphatic heterocycles. The molecule has 0 unspecified atom stereocenters. The van der Waals surface area contributed by atoms with Gasteiger partial charge in [0.1, 0.15) is 11.6 Å². The highest BCUT2D eigenvalue weighted by Crippen LogP contribution is 2.16. The second-order valence-corrected chi connectivity index (χ2v) is 4.97. The molecule has 0 saturated heterocycles. The van der Waals surface area contributed by atoms with Gasteiger partial charge in [0.25, 0.3) is 0 Å². The summed E-state index contributed by atoms with van der Waals surface area (Å²) in [7, 11) is 1.70. The zero-order valence-electron chi connectivity index (χ0n) is 9.82. The molecule has 92 valence electrons. The number of nitrogen functional groups attached to an aromatic ring is 1. The summed E-state index contributed by atoms with van der Waals surface area (Å²) in [6, 6.07) is 0. The summed E-state index contributed by atoms with van der Waals surface area (Å²) in [6.45, 7) is 5.14. The van der Waals surface area contributed by atoms with Crippen molar-refractivity contribution in [3.05, 3.63) is 5.01 Å². The maximum Gasteiger partial charge on any atom is 0.219 e. The van der Waals surface area contributed by atoms with Gasteiger partial charge in [-0.05, 0) is 20.3 Å². The van der Waals surface area contributed by atoms with E-state index in [0.717, 1.165) is 11.4 Å². The second kappa shape index (κ2) is 6.09. The van der Waals surface area contributed by atoms with E-state index < -0.39 is 0 Å². The van der Waals surface area contributed by atoms with E-state index in [9.17, 15) is 0 Å². The highest BCUT2D eigenvalue weighted by molar-refractivity contribution is 7.15. The van der Waals surface area contributed by atoms with Crippen LogP contribution in [-0.2, 0) is 16.1 Å². The van der Waals surface area contributed by atoms with E-state index in [2.05, 4.69) is 15.6 Å². The van der Waals surface area contributed by atoms with Crippen molar-refractivity contribution in [2.24, 2.45) is 5.84 Å². The van der Waals surface area contributed by atoms with Crippen molar-refractivity contribution in [1.29, 1.82) is 0 Å². The molecule has 3 N–H and O–H groups in total. The zero-order valence-corrected chi connectivity index (χ0v) is 10.6. The summed E-state index contributed by atoms with van der Waals surface area (Å²) in [6.07, 6.45) is 0.838. The Morgan fingerprint density at radius 3 is 2.75 bits per heavy atom. The van der Waals surface area contributed by atoms with Crippen molar-refractivity contribution >= 4 is 16.5 Å². The second-order valence-electron chi connectivity index (χ2n) is 3.91. The summed E-state index contributed by atoms with van der Waals surface area (Å²) in [5.41, 5.74) is 2.29. The van der Waals surface area contributed by atoms with Crippen molar-refractivity contribution in [2.75, 3.05) is 19.1 Å². The highest BCUT2D eigenvalue weighted by Gasteiger charge is 2.15. The predicted octanol–water partition coefficient (Wildman–Crippen LogP) is 1.16. The van der Waals surface area contributed by atoms with E-state index >= 15 is 0 Å². The van der Waals surface area contributed by atoms with Crippen LogP contribution in [0.2, 0.25) is 0 Å². The minimum absolute atomic E-state index is 0.148. The number of ether oxygens (including phenoxy) is 2. The van der Waals surface area contributed by atoms with E-state index in [-0.39, 0.29) is 5.60 Å². The number of hydrazine groups is 1. The van der Waals surface area contributed by atoms with Gasteiger partial charge >= 0.3 is 0 Å². The molecule has 1 heterocycles. The van der Waals surface area contributed by atoms with Gasteiger partial charge in [-0.15, -0.1) is 10.2 Å². The quantitative estimate of drug-likeness (QED) is 0.427. The molecule has 1 aromatic heterocycles. The van der Waals surface area contributed by atoms with E-state index in [1.807, 2.05) is 13.8 Å². The van der Waals surface area contributed by atoms with Crippen LogP contribution in [-0.4, -0.2) is 29.5 Å². The molecule has 1 aromatic rings. The Labute approximate surface area is 99.1 Å². The number of nitrogens with two attached hydrogens (primary N) is 1. The maximum atomic E-state index is 5.47. The first-order chi connectivity index (χ1) is 7.57. The lowest BCUT2D eigenvalue weighted by Gasteiger charge is -2.22. The van der Waals surface area contributed by atoms with E-state index in [1.54, 1.807) is 7.11 Å². The van der Waals surface area contributed by atoms with Crippen molar-refractivity contribution in [1.82, 2.24) is 10.2 Å². The van der Waals surface area contributed by atoms with Crippen LogP contribution in [0.25, 0.3) is 0 Å². The molecule has 16 heavy (non-hydrogen) atoms. The lowest BCUT2D eigenvalue weighted by molar-refractivity contribution is -0.0125. The number of nitrogens with zero attached hydrogens (tertiary/aromatic N) is 2. The molecule has 0 atom stereocenters. The molecule has 1 rings (SSSR count). The summed E-state index contributed by atoms with van der Waals surface area (Å²) in [5, 5.41) is 9.12. The first-order valence-corrected chi connectivity index (χ1v) is 5.81. The van der Waals surface area contributed by atoms with Gasteiger partial charge in [0.15, 0.2) is 0 Å². The first kappa shape index (κ1) is 13.3. The van der Waals surface area contributed by atoms with Crippen LogP contribution in [0.4, 0.5) is 5.13 Å². The molecule has 0 fully saturated rings. The number of hydrogen-bond acceptors (Lipinski definition) is 7. The molecule has 0 spiro atoms. The Kier molecular flexibility index (Phi) is 5.07. The van der Waals surface area contributed by atoms with Crippen LogP contribution in [0.5, 0.6) is 0 Å². The van der Waals surface area contributed by atoms with E-state index in [1.165, 1.54) is 11.3 Å². The predicted molar refractivity (Wildman–Crippen MR) is 63.1 cm³/mol. The molecular weight excluding hydrogens is 228 g/mol. The van der Waals surface area contributed by atoms with Gasteiger partial charge in [-0.25, -0.2) is 5.84 Å². The molecule has 0 amide bonds. The Hall–Kier alpha value is -0.760. The fourth-order valence-electron chi connectivity index (χ4n) is 0.950. The average molecular weight is 246 g/mol. The third-order valence-corrected chi connectivity index (χ3v) is 3.04. The van der Waals surface area contributed by atoms with Crippen LogP contribution in [0.1, 0.15) is 25.3 Å². The van der Waals surface area contributed by atoms with Crippen LogP contribution >= 0.6 is 11.3 Å². The Morgan fingerprint density at radius 2 is 2.19 bits per heavy atom. The summed E-state index contributed by atoms with van der Waals surface area (Å²) in [5.74, 6) is 5.19. The number of anilines is 1. The van der Waals surface area contributed by atoms with Gasteiger partial charge in [0.2, 0.25) is 5.13 Å². The molecule has 0 aliphatic carbocycles. The average Bonchev–Trinajstić information content (AvgIpc) is 2.72. The van der Waals surface area contributed by atoms with Gasteiger partial charge in [0.05, 0.1) is 5.60 Å². The summed E-state index contributed by atoms with van der Waals surface area (Å²) >= 11 is 1.38. The van der Waals surface area contributed by atoms with E-state index in [0.29, 0.717) is 18.3 Å². The molecule has 7 heteroatoms. The first-order valence-electron chi connectivity index (χ1n) is 4.99. The minimum atomic E-state index is -0.148. The Bertz CT molecular complexity index is 316. The third-order valence-electron chi connectivity index (χ3n) is 2.22. The SMILES string of the molecule is COC(C)(C)CCOCc1nnc(NN)s1. The van der Waals surface area contributed by atoms with Crippen molar-refractivity contribution < 1.29 is 9.47 Å². The lowest BCUT2D eigenvalue weighted by Crippen LogP contribution is -2.24. The molecule has 0 aromatic carbocycles. The van der Waals surface area contributed by atoms with Crippen molar-refractivity contribution in [2.45, 2.75) is 32.5 Å². The lowest BCUT2D eigenvalue weighted by atomic mass is 10.1. The molecular formula is C9H18N4O2S. The number of nitrogens with one attached hydrogen (secondary N) is 1. The standard InChI is InChI=1S/C9H18N4O2S/c1-9(2,14-3)4-5-15-6-7-12-13-8(11-10)16-7/h4-6,10H2,1-3H3,(H,11,13). The Balaban J connectivity index is 2.20. The van der Waals surface area contributed by atoms with Gasteiger partial charge in [-0.1, -0.05) is 11.3 Å². The van der Waals surface area contributed by atoms with Gasteiger partial charge in [0, 0.05) is 13.7 Å². The number of methoxy groups -OCH3 is 1. The summed E-state index contributed by atoms with van der Waals surface area (Å²) in [4.78, 5) is 0. The van der Waals surface area contributed by atoms with Crippen LogP contribution < -0.4 is 11.3 Å². The smallest absolute Gasteiger partial charge is 0.219 e. The number of hydrogen-bond donors (Lipinski definition) is 2. The number of rotatable bonds is 7. The molecule has 6 nitrogen and oxygen atoms in total. The van der Waals surface area contributed by atoms with Crippen LogP contribution in [0.3, 0.4) is 0 Å². The normalized spacial score (nSPS) is 11.8. The monoisotopic (exact) mass is 246 g/mol.